The van der Waals surface area contributed by atoms with Crippen molar-refractivity contribution in [1.82, 2.24) is 15.1 Å². The van der Waals surface area contributed by atoms with Crippen molar-refractivity contribution in [3.8, 4) is 0 Å². The van der Waals surface area contributed by atoms with Gasteiger partial charge in [0.05, 0.1) is 5.69 Å². The standard InChI is InChI=1S/C16H18ClN3O3/c1-4-16(15(22)23,11-5-7-12(17)8-6-11)18-14(21)13-9-10(2)19-20(13)3/h5-9H,4H2,1-3H3,(H,18,21)(H,22,23). The highest BCUT2D eigenvalue weighted by molar-refractivity contribution is 6.30. The monoisotopic (exact) mass is 335 g/mol. The van der Waals surface area contributed by atoms with Gasteiger partial charge in [-0.3, -0.25) is 9.48 Å². The molecular weight excluding hydrogens is 318 g/mol. The number of aliphatic carboxylic acids is 1. The van der Waals surface area contributed by atoms with E-state index in [4.69, 9.17) is 11.6 Å². The van der Waals surface area contributed by atoms with E-state index in [2.05, 4.69) is 10.4 Å². The maximum atomic E-state index is 12.5. The average molecular weight is 336 g/mol. The predicted octanol–water partition coefficient (Wildman–Crippen LogP) is 2.50. The highest BCUT2D eigenvalue weighted by atomic mass is 35.5. The summed E-state index contributed by atoms with van der Waals surface area (Å²) in [6.07, 6.45) is 0.187. The minimum atomic E-state index is -1.53. The SMILES string of the molecule is CCC(NC(=O)c1cc(C)nn1C)(C(=O)O)c1ccc(Cl)cc1. The molecule has 2 N–H and O–H groups in total. The maximum Gasteiger partial charge on any atom is 0.334 e. The Morgan fingerprint density at radius 1 is 1.35 bits per heavy atom. The third kappa shape index (κ3) is 3.22. The molecule has 0 saturated carbocycles. The van der Waals surface area contributed by atoms with Crippen molar-refractivity contribution < 1.29 is 14.7 Å². The number of benzene rings is 1. The van der Waals surface area contributed by atoms with Crippen molar-refractivity contribution in [2.45, 2.75) is 25.8 Å². The number of amides is 1. The summed E-state index contributed by atoms with van der Waals surface area (Å²) in [4.78, 5) is 24.5. The molecule has 0 bridgehead atoms. The Balaban J connectivity index is 2.43. The summed E-state index contributed by atoms with van der Waals surface area (Å²) in [6, 6.07) is 8.03. The molecule has 7 heteroatoms. The van der Waals surface area contributed by atoms with Crippen molar-refractivity contribution in [2.24, 2.45) is 7.05 Å². The fourth-order valence-corrected chi connectivity index (χ4v) is 2.63. The van der Waals surface area contributed by atoms with Crippen LogP contribution in [0.5, 0.6) is 0 Å². The van der Waals surface area contributed by atoms with Crippen LogP contribution in [-0.2, 0) is 17.4 Å². The van der Waals surface area contributed by atoms with Crippen LogP contribution in [0.15, 0.2) is 30.3 Å². The first kappa shape index (κ1) is 17.0. The van der Waals surface area contributed by atoms with Crippen molar-refractivity contribution in [2.75, 3.05) is 0 Å². The summed E-state index contributed by atoms with van der Waals surface area (Å²) >= 11 is 5.86. The Bertz CT molecular complexity index is 740. The number of halogens is 1. The molecule has 0 radical (unpaired) electrons. The van der Waals surface area contributed by atoms with E-state index in [1.54, 1.807) is 51.2 Å². The number of carboxylic acids is 1. The number of nitrogens with zero attached hydrogens (tertiary/aromatic N) is 2. The molecule has 0 aliphatic heterocycles. The van der Waals surface area contributed by atoms with Crippen LogP contribution in [0, 0.1) is 6.92 Å². The molecule has 122 valence electrons. The van der Waals surface area contributed by atoms with Gasteiger partial charge in [0.1, 0.15) is 5.69 Å². The summed E-state index contributed by atoms with van der Waals surface area (Å²) in [5.74, 6) is -1.62. The van der Waals surface area contributed by atoms with E-state index < -0.39 is 17.4 Å². The average Bonchev–Trinajstić information content (AvgIpc) is 2.84. The molecule has 0 aliphatic rings. The van der Waals surface area contributed by atoms with Gasteiger partial charge in [0.15, 0.2) is 5.54 Å². The van der Waals surface area contributed by atoms with Gasteiger partial charge in [-0.15, -0.1) is 0 Å². The van der Waals surface area contributed by atoms with Crippen LogP contribution in [0.25, 0.3) is 0 Å². The summed E-state index contributed by atoms with van der Waals surface area (Å²) < 4.78 is 1.43. The van der Waals surface area contributed by atoms with Crippen LogP contribution >= 0.6 is 11.6 Å². The molecule has 0 saturated heterocycles. The van der Waals surface area contributed by atoms with Crippen molar-refractivity contribution in [3.05, 3.63) is 52.3 Å². The van der Waals surface area contributed by atoms with Crippen LogP contribution < -0.4 is 5.32 Å². The van der Waals surface area contributed by atoms with Gasteiger partial charge in [0, 0.05) is 12.1 Å². The Kier molecular flexibility index (Phi) is 4.75. The van der Waals surface area contributed by atoms with Crippen molar-refractivity contribution in [3.63, 3.8) is 0 Å². The largest absolute Gasteiger partial charge is 0.479 e. The summed E-state index contributed by atoms with van der Waals surface area (Å²) in [6.45, 7) is 3.47. The first-order chi connectivity index (χ1) is 10.8. The molecule has 0 aliphatic carbocycles. The number of aryl methyl sites for hydroxylation is 2. The lowest BCUT2D eigenvalue weighted by Crippen LogP contribution is -2.51. The topological polar surface area (TPSA) is 84.2 Å². The summed E-state index contributed by atoms with van der Waals surface area (Å²) in [7, 11) is 1.64. The smallest absolute Gasteiger partial charge is 0.334 e. The first-order valence-electron chi connectivity index (χ1n) is 7.12. The molecule has 0 fully saturated rings. The van der Waals surface area contributed by atoms with Gasteiger partial charge in [0.2, 0.25) is 0 Å². The Labute approximate surface area is 139 Å². The van der Waals surface area contributed by atoms with E-state index in [1.165, 1.54) is 4.68 Å². The van der Waals surface area contributed by atoms with Gasteiger partial charge in [-0.2, -0.15) is 5.10 Å². The second kappa shape index (κ2) is 6.42. The van der Waals surface area contributed by atoms with Crippen molar-refractivity contribution in [1.29, 1.82) is 0 Å². The molecular formula is C16H18ClN3O3. The molecule has 1 heterocycles. The predicted molar refractivity (Wildman–Crippen MR) is 86.5 cm³/mol. The molecule has 1 unspecified atom stereocenters. The van der Waals surface area contributed by atoms with Crippen LogP contribution in [0.4, 0.5) is 0 Å². The van der Waals surface area contributed by atoms with Gasteiger partial charge in [0.25, 0.3) is 5.91 Å². The Hall–Kier alpha value is -2.34. The van der Waals surface area contributed by atoms with E-state index in [1.807, 2.05) is 0 Å². The lowest BCUT2D eigenvalue weighted by Gasteiger charge is -2.30. The van der Waals surface area contributed by atoms with Crippen LogP contribution in [0.3, 0.4) is 0 Å². The van der Waals surface area contributed by atoms with Gasteiger partial charge in [-0.05, 0) is 37.1 Å². The number of hydrogen-bond donors (Lipinski definition) is 2. The Morgan fingerprint density at radius 2 is 1.96 bits per heavy atom. The fraction of sp³-hybridized carbons (Fsp3) is 0.312. The van der Waals surface area contributed by atoms with E-state index in [-0.39, 0.29) is 6.42 Å². The molecule has 1 aromatic heterocycles. The third-order valence-electron chi connectivity index (χ3n) is 3.79. The highest BCUT2D eigenvalue weighted by Crippen LogP contribution is 2.27. The fourth-order valence-electron chi connectivity index (χ4n) is 2.51. The lowest BCUT2D eigenvalue weighted by molar-refractivity contribution is -0.145. The summed E-state index contributed by atoms with van der Waals surface area (Å²) in [5, 5.41) is 17.0. The second-order valence-electron chi connectivity index (χ2n) is 5.32. The number of rotatable bonds is 5. The second-order valence-corrected chi connectivity index (χ2v) is 5.76. The lowest BCUT2D eigenvalue weighted by atomic mass is 9.87. The van der Waals surface area contributed by atoms with Crippen LogP contribution in [0.1, 0.15) is 35.1 Å². The number of carbonyl (C=O) groups excluding carboxylic acids is 1. The van der Waals surface area contributed by atoms with E-state index in [9.17, 15) is 14.7 Å². The molecule has 0 spiro atoms. The van der Waals surface area contributed by atoms with E-state index in [0.29, 0.717) is 22.0 Å². The number of aromatic nitrogens is 2. The number of hydrogen-bond acceptors (Lipinski definition) is 3. The molecule has 2 rings (SSSR count). The minimum Gasteiger partial charge on any atom is -0.479 e. The molecule has 1 amide bonds. The molecule has 1 atom stereocenters. The van der Waals surface area contributed by atoms with E-state index in [0.717, 1.165) is 0 Å². The van der Waals surface area contributed by atoms with Crippen molar-refractivity contribution >= 4 is 23.5 Å². The number of nitrogens with one attached hydrogen (secondary N) is 1. The highest BCUT2D eigenvalue weighted by Gasteiger charge is 2.40. The molecule has 2 aromatic rings. The summed E-state index contributed by atoms with van der Waals surface area (Å²) in [5.41, 5.74) is -0.0823. The first-order valence-corrected chi connectivity index (χ1v) is 7.50. The van der Waals surface area contributed by atoms with Gasteiger partial charge in [-0.25, -0.2) is 4.79 Å². The normalized spacial score (nSPS) is 13.4. The number of carbonyl (C=O) groups is 2. The zero-order chi connectivity index (χ0) is 17.2. The minimum absolute atomic E-state index is 0.187. The van der Waals surface area contributed by atoms with E-state index >= 15 is 0 Å². The van der Waals surface area contributed by atoms with Gasteiger partial charge < -0.3 is 10.4 Å². The number of carboxylic acid groups (broad SMARTS) is 1. The van der Waals surface area contributed by atoms with Gasteiger partial charge in [-0.1, -0.05) is 30.7 Å². The Morgan fingerprint density at radius 3 is 2.39 bits per heavy atom. The zero-order valence-electron chi connectivity index (χ0n) is 13.1. The zero-order valence-corrected chi connectivity index (χ0v) is 13.9. The quantitative estimate of drug-likeness (QED) is 0.879. The van der Waals surface area contributed by atoms with Gasteiger partial charge >= 0.3 is 5.97 Å². The van der Waals surface area contributed by atoms with Crippen LogP contribution in [-0.4, -0.2) is 26.8 Å². The maximum absolute atomic E-state index is 12.5. The molecule has 6 nitrogen and oxygen atoms in total. The molecule has 23 heavy (non-hydrogen) atoms. The third-order valence-corrected chi connectivity index (χ3v) is 4.05. The van der Waals surface area contributed by atoms with Crippen LogP contribution in [0.2, 0.25) is 5.02 Å². The molecule has 1 aromatic carbocycles.